The minimum atomic E-state index is 0.567. The van der Waals surface area contributed by atoms with Crippen LogP contribution in [0.2, 0.25) is 0 Å². The molecule has 4 heteroatoms. The Bertz CT molecular complexity index is 458. The third-order valence-electron chi connectivity index (χ3n) is 3.22. The Labute approximate surface area is 100 Å². The van der Waals surface area contributed by atoms with E-state index in [9.17, 15) is 0 Å². The van der Waals surface area contributed by atoms with E-state index in [1.54, 1.807) is 0 Å². The second-order valence-corrected chi connectivity index (χ2v) is 4.45. The first-order chi connectivity index (χ1) is 8.42. The van der Waals surface area contributed by atoms with Gasteiger partial charge >= 0.3 is 0 Å². The summed E-state index contributed by atoms with van der Waals surface area (Å²) in [6, 6.07) is 8.79. The van der Waals surface area contributed by atoms with Gasteiger partial charge in [-0.15, -0.1) is 10.2 Å². The highest BCUT2D eigenvalue weighted by atomic mass is 16.4. The molecule has 1 aromatic carbocycles. The van der Waals surface area contributed by atoms with E-state index in [0.717, 1.165) is 5.56 Å². The van der Waals surface area contributed by atoms with E-state index >= 15 is 0 Å². The smallest absolute Gasteiger partial charge is 0.247 e. The molecular weight excluding hydrogens is 214 g/mol. The van der Waals surface area contributed by atoms with Crippen molar-refractivity contribution in [2.45, 2.75) is 31.7 Å². The maximum Gasteiger partial charge on any atom is 0.247 e. The lowest BCUT2D eigenvalue weighted by Crippen LogP contribution is -2.14. The van der Waals surface area contributed by atoms with Crippen LogP contribution in [0.15, 0.2) is 35.1 Å². The Hall–Kier alpha value is -1.84. The number of hydrogen-bond donors (Lipinski definition) is 1. The lowest BCUT2D eigenvalue weighted by Gasteiger charge is -2.13. The molecule has 1 aromatic heterocycles. The van der Waals surface area contributed by atoms with Gasteiger partial charge in [0.2, 0.25) is 12.3 Å². The van der Waals surface area contributed by atoms with Crippen molar-refractivity contribution in [3.8, 4) is 11.5 Å². The topological polar surface area (TPSA) is 51.0 Å². The molecule has 1 aliphatic carbocycles. The van der Waals surface area contributed by atoms with Crippen LogP contribution in [-0.4, -0.2) is 16.2 Å². The molecule has 1 heterocycles. The maximum atomic E-state index is 5.15. The molecule has 3 rings (SSSR count). The van der Waals surface area contributed by atoms with E-state index in [0.29, 0.717) is 11.9 Å². The zero-order valence-corrected chi connectivity index (χ0v) is 9.60. The molecular formula is C13H15N3O. The largest absolute Gasteiger partial charge is 0.423 e. The van der Waals surface area contributed by atoms with Gasteiger partial charge in [-0.25, -0.2) is 0 Å². The third-order valence-corrected chi connectivity index (χ3v) is 3.22. The molecule has 0 atom stereocenters. The molecule has 1 aliphatic rings. The highest BCUT2D eigenvalue weighted by molar-refractivity contribution is 5.58. The number of nitrogens with zero attached hydrogens (tertiary/aromatic N) is 2. The first-order valence-electron chi connectivity index (χ1n) is 6.05. The molecule has 1 fully saturated rings. The summed E-state index contributed by atoms with van der Waals surface area (Å²) in [4.78, 5) is 0. The quantitative estimate of drug-likeness (QED) is 0.878. The second kappa shape index (κ2) is 4.57. The van der Waals surface area contributed by atoms with Crippen molar-refractivity contribution >= 4 is 5.69 Å². The highest BCUT2D eigenvalue weighted by Gasteiger charge is 2.14. The molecule has 0 aliphatic heterocycles. The van der Waals surface area contributed by atoms with E-state index in [4.69, 9.17) is 4.42 Å². The van der Waals surface area contributed by atoms with Gasteiger partial charge in [-0.3, -0.25) is 0 Å². The van der Waals surface area contributed by atoms with E-state index in [1.807, 2.05) is 12.1 Å². The number of aromatic nitrogens is 2. The van der Waals surface area contributed by atoms with Crippen molar-refractivity contribution in [2.75, 3.05) is 5.32 Å². The number of benzene rings is 1. The Morgan fingerprint density at radius 2 is 1.88 bits per heavy atom. The molecule has 0 amide bonds. The molecule has 4 nitrogen and oxygen atoms in total. The molecule has 1 N–H and O–H groups in total. The van der Waals surface area contributed by atoms with E-state index in [-0.39, 0.29) is 0 Å². The molecule has 1 saturated carbocycles. The van der Waals surface area contributed by atoms with Gasteiger partial charge in [-0.1, -0.05) is 12.8 Å². The van der Waals surface area contributed by atoms with Crippen LogP contribution in [0.5, 0.6) is 0 Å². The van der Waals surface area contributed by atoms with Crippen molar-refractivity contribution in [3.63, 3.8) is 0 Å². The van der Waals surface area contributed by atoms with Crippen molar-refractivity contribution in [1.82, 2.24) is 10.2 Å². The number of hydrogen-bond acceptors (Lipinski definition) is 4. The third kappa shape index (κ3) is 2.30. The fourth-order valence-electron chi connectivity index (χ4n) is 2.31. The summed E-state index contributed by atoms with van der Waals surface area (Å²) in [6.45, 7) is 0. The van der Waals surface area contributed by atoms with Gasteiger partial charge in [-0.2, -0.15) is 0 Å². The van der Waals surface area contributed by atoms with Crippen LogP contribution in [0.4, 0.5) is 5.69 Å². The monoisotopic (exact) mass is 229 g/mol. The van der Waals surface area contributed by atoms with Gasteiger partial charge in [-0.05, 0) is 37.1 Å². The van der Waals surface area contributed by atoms with Crippen LogP contribution in [0.3, 0.4) is 0 Å². The minimum Gasteiger partial charge on any atom is -0.423 e. The zero-order chi connectivity index (χ0) is 11.5. The zero-order valence-electron chi connectivity index (χ0n) is 9.60. The standard InChI is InChI=1S/C13H15N3O/c1-2-4-11(3-1)15-12-7-5-10(6-8-12)13-16-14-9-17-13/h5-9,11,15H,1-4H2. The second-order valence-electron chi connectivity index (χ2n) is 4.45. The van der Waals surface area contributed by atoms with Crippen LogP contribution < -0.4 is 5.32 Å². The van der Waals surface area contributed by atoms with Crippen LogP contribution in [0.25, 0.3) is 11.5 Å². The van der Waals surface area contributed by atoms with Gasteiger partial charge in [0.05, 0.1) is 0 Å². The van der Waals surface area contributed by atoms with Crippen molar-refractivity contribution < 1.29 is 4.42 Å². The summed E-state index contributed by atoms with van der Waals surface area (Å²) in [5.41, 5.74) is 2.12. The number of anilines is 1. The molecule has 17 heavy (non-hydrogen) atoms. The van der Waals surface area contributed by atoms with E-state index in [1.165, 1.54) is 37.8 Å². The van der Waals surface area contributed by atoms with Gasteiger partial charge in [0.25, 0.3) is 0 Å². The van der Waals surface area contributed by atoms with Crippen LogP contribution >= 0.6 is 0 Å². The van der Waals surface area contributed by atoms with Gasteiger partial charge in [0.1, 0.15) is 0 Å². The predicted octanol–water partition coefficient (Wildman–Crippen LogP) is 3.09. The normalized spacial score (nSPS) is 16.2. The molecule has 2 aromatic rings. The predicted molar refractivity (Wildman–Crippen MR) is 65.6 cm³/mol. The summed E-state index contributed by atoms with van der Waals surface area (Å²) in [5, 5.41) is 11.1. The Balaban J connectivity index is 1.71. The van der Waals surface area contributed by atoms with Crippen LogP contribution in [-0.2, 0) is 0 Å². The summed E-state index contributed by atoms with van der Waals surface area (Å²) >= 11 is 0. The van der Waals surface area contributed by atoms with Crippen molar-refractivity contribution in [3.05, 3.63) is 30.7 Å². The average molecular weight is 229 g/mol. The van der Waals surface area contributed by atoms with Crippen LogP contribution in [0.1, 0.15) is 25.7 Å². The summed E-state index contributed by atoms with van der Waals surface area (Å²) in [5.74, 6) is 0.567. The summed E-state index contributed by atoms with van der Waals surface area (Å²) in [7, 11) is 0. The maximum absolute atomic E-state index is 5.15. The fourth-order valence-corrected chi connectivity index (χ4v) is 2.31. The minimum absolute atomic E-state index is 0.567. The lowest BCUT2D eigenvalue weighted by molar-refractivity contribution is 0.568. The van der Waals surface area contributed by atoms with Gasteiger partial charge in [0, 0.05) is 17.3 Å². The SMILES string of the molecule is c1nnc(-c2ccc(NC3CCCC3)cc2)o1. The molecule has 0 unspecified atom stereocenters. The number of rotatable bonds is 3. The Morgan fingerprint density at radius 1 is 1.12 bits per heavy atom. The molecule has 0 bridgehead atoms. The molecule has 0 spiro atoms. The highest BCUT2D eigenvalue weighted by Crippen LogP contribution is 2.24. The van der Waals surface area contributed by atoms with Gasteiger partial charge in [0.15, 0.2) is 0 Å². The first-order valence-corrected chi connectivity index (χ1v) is 6.05. The fraction of sp³-hybridized carbons (Fsp3) is 0.385. The lowest BCUT2D eigenvalue weighted by atomic mass is 10.2. The average Bonchev–Trinajstić information content (AvgIpc) is 3.01. The van der Waals surface area contributed by atoms with Crippen molar-refractivity contribution in [1.29, 1.82) is 0 Å². The number of nitrogens with one attached hydrogen (secondary N) is 1. The molecule has 0 saturated heterocycles. The molecule has 88 valence electrons. The van der Waals surface area contributed by atoms with Crippen LogP contribution in [0, 0.1) is 0 Å². The van der Waals surface area contributed by atoms with E-state index < -0.39 is 0 Å². The Kier molecular flexibility index (Phi) is 2.78. The summed E-state index contributed by atoms with van der Waals surface area (Å²) in [6.07, 6.45) is 6.60. The van der Waals surface area contributed by atoms with E-state index in [2.05, 4.69) is 27.6 Å². The first kappa shape index (κ1) is 10.3. The summed E-state index contributed by atoms with van der Waals surface area (Å²) < 4.78 is 5.15. The van der Waals surface area contributed by atoms with Crippen molar-refractivity contribution in [2.24, 2.45) is 0 Å². The molecule has 0 radical (unpaired) electrons. The Morgan fingerprint density at radius 3 is 2.53 bits per heavy atom. The van der Waals surface area contributed by atoms with Gasteiger partial charge < -0.3 is 9.73 Å².